The largest absolute Gasteiger partial charge is 0.465 e. The van der Waals surface area contributed by atoms with Gasteiger partial charge in [-0.05, 0) is 24.1 Å². The summed E-state index contributed by atoms with van der Waals surface area (Å²) in [4.78, 5) is 26.0. The van der Waals surface area contributed by atoms with Crippen LogP contribution in [0.3, 0.4) is 0 Å². The molecule has 0 spiro atoms. The fourth-order valence-electron chi connectivity index (χ4n) is 3.15. The molecule has 2 atom stereocenters. The number of halogens is 2. The van der Waals surface area contributed by atoms with E-state index >= 15 is 0 Å². The van der Waals surface area contributed by atoms with Gasteiger partial charge in [0.05, 0.1) is 10.9 Å². The lowest BCUT2D eigenvalue weighted by Gasteiger charge is -2.41. The molecule has 2 rings (SSSR count). The number of hydrogen-bond acceptors (Lipinski definition) is 5. The molecular weight excluding hydrogens is 393 g/mol. The minimum Gasteiger partial charge on any atom is -0.465 e. The van der Waals surface area contributed by atoms with Crippen molar-refractivity contribution in [3.63, 3.8) is 0 Å². The van der Waals surface area contributed by atoms with Crippen LogP contribution in [0.15, 0.2) is 12.1 Å². The zero-order valence-electron chi connectivity index (χ0n) is 15.1. The minimum atomic E-state index is -0.983. The molecule has 1 fully saturated rings. The number of nitrogens with zero attached hydrogens (tertiary/aromatic N) is 3. The smallest absolute Gasteiger partial charge is 0.407 e. The topological polar surface area (TPSA) is 84.6 Å². The third kappa shape index (κ3) is 5.34. The van der Waals surface area contributed by atoms with Crippen molar-refractivity contribution in [2.45, 2.75) is 25.3 Å². The zero-order chi connectivity index (χ0) is 20.1. The molecule has 0 aliphatic carbocycles. The monoisotopic (exact) mass is 413 g/mol. The van der Waals surface area contributed by atoms with Crippen LogP contribution in [0.25, 0.3) is 0 Å². The van der Waals surface area contributed by atoms with Crippen molar-refractivity contribution >= 4 is 34.6 Å². The average molecular weight is 414 g/mol. The van der Waals surface area contributed by atoms with E-state index in [2.05, 4.69) is 4.90 Å². The van der Waals surface area contributed by atoms with Gasteiger partial charge in [0.25, 0.3) is 0 Å². The Balaban J connectivity index is 2.16. The molecule has 1 aromatic rings. The van der Waals surface area contributed by atoms with E-state index < -0.39 is 17.3 Å². The van der Waals surface area contributed by atoms with E-state index in [1.807, 2.05) is 6.07 Å². The third-order valence-electron chi connectivity index (χ3n) is 4.65. The van der Waals surface area contributed by atoms with Crippen LogP contribution < -0.4 is 0 Å². The highest BCUT2D eigenvalue weighted by Gasteiger charge is 2.31. The standard InChI is InChI=1S/C18H21ClFN3O3S/c1-11-14(3-4-17(20)15(11)7-21)16(19)9-22-5-6-23(18(25)26)8-13(22)10-27-12(2)24/h3-4,13,16H,5-6,8-10H2,1-2H3,(H,25,26). The molecule has 1 aliphatic heterocycles. The van der Waals surface area contributed by atoms with Crippen molar-refractivity contribution < 1.29 is 19.1 Å². The molecule has 9 heteroatoms. The maximum absolute atomic E-state index is 13.7. The van der Waals surface area contributed by atoms with Crippen molar-refractivity contribution in [1.82, 2.24) is 9.80 Å². The van der Waals surface area contributed by atoms with E-state index in [-0.39, 0.29) is 16.7 Å². The van der Waals surface area contributed by atoms with E-state index in [1.165, 1.54) is 17.9 Å². The lowest BCUT2D eigenvalue weighted by Crippen LogP contribution is -2.56. The molecule has 0 saturated carbocycles. The molecular formula is C18H21ClFN3O3S. The lowest BCUT2D eigenvalue weighted by molar-refractivity contribution is -0.109. The molecule has 0 radical (unpaired) electrons. The van der Waals surface area contributed by atoms with Crippen LogP contribution in [-0.2, 0) is 4.79 Å². The van der Waals surface area contributed by atoms with Crippen LogP contribution in [0.5, 0.6) is 0 Å². The molecule has 1 amide bonds. The second-order valence-electron chi connectivity index (χ2n) is 6.40. The Bertz CT molecular complexity index is 771. The van der Waals surface area contributed by atoms with Gasteiger partial charge in [-0.15, -0.1) is 11.6 Å². The SMILES string of the molecule is CC(=O)SCC1CN(C(=O)O)CCN1CC(Cl)c1ccc(F)c(C#N)c1C. The molecule has 2 unspecified atom stereocenters. The molecule has 1 aromatic carbocycles. The normalized spacial score (nSPS) is 18.8. The number of amides is 1. The van der Waals surface area contributed by atoms with E-state index in [0.717, 1.165) is 11.8 Å². The van der Waals surface area contributed by atoms with E-state index in [4.69, 9.17) is 16.9 Å². The summed E-state index contributed by atoms with van der Waals surface area (Å²) in [5.74, 6) is -0.109. The van der Waals surface area contributed by atoms with Gasteiger partial charge in [0.2, 0.25) is 0 Å². The first-order valence-electron chi connectivity index (χ1n) is 8.43. The van der Waals surface area contributed by atoms with Crippen LogP contribution in [-0.4, -0.2) is 64.1 Å². The summed E-state index contributed by atoms with van der Waals surface area (Å²) >= 11 is 7.73. The van der Waals surface area contributed by atoms with Gasteiger partial charge >= 0.3 is 6.09 Å². The molecule has 1 heterocycles. The van der Waals surface area contributed by atoms with Crippen LogP contribution >= 0.6 is 23.4 Å². The molecule has 6 nitrogen and oxygen atoms in total. The summed E-state index contributed by atoms with van der Waals surface area (Å²) in [5, 5.41) is 17.9. The van der Waals surface area contributed by atoms with Crippen molar-refractivity contribution in [3.8, 4) is 6.07 Å². The first-order valence-corrected chi connectivity index (χ1v) is 9.85. The second-order valence-corrected chi connectivity index (χ2v) is 8.12. The highest BCUT2D eigenvalue weighted by atomic mass is 35.5. The molecule has 146 valence electrons. The number of carboxylic acid groups (broad SMARTS) is 1. The van der Waals surface area contributed by atoms with Crippen LogP contribution in [0.1, 0.15) is 29.0 Å². The van der Waals surface area contributed by atoms with Gasteiger partial charge in [0.15, 0.2) is 5.12 Å². The Hall–Kier alpha value is -1.82. The number of thioether (sulfide) groups is 1. The molecule has 1 aliphatic rings. The number of carbonyl (C=O) groups excluding carboxylic acids is 1. The maximum atomic E-state index is 13.7. The summed E-state index contributed by atoms with van der Waals surface area (Å²) in [6, 6.07) is 4.53. The van der Waals surface area contributed by atoms with E-state index in [9.17, 15) is 19.1 Å². The molecule has 27 heavy (non-hydrogen) atoms. The molecule has 1 saturated heterocycles. The third-order valence-corrected chi connectivity index (χ3v) is 5.99. The lowest BCUT2D eigenvalue weighted by atomic mass is 9.99. The minimum absolute atomic E-state index is 0.0162. The summed E-state index contributed by atoms with van der Waals surface area (Å²) in [6.45, 7) is 4.69. The number of hydrogen-bond donors (Lipinski definition) is 1. The fourth-order valence-corrected chi connectivity index (χ4v) is 4.31. The van der Waals surface area contributed by atoms with Crippen LogP contribution in [0.4, 0.5) is 9.18 Å². The Morgan fingerprint density at radius 2 is 2.19 bits per heavy atom. The van der Waals surface area contributed by atoms with Gasteiger partial charge in [0, 0.05) is 44.9 Å². The Morgan fingerprint density at radius 3 is 2.78 bits per heavy atom. The second kappa shape index (κ2) is 9.40. The van der Waals surface area contributed by atoms with Gasteiger partial charge < -0.3 is 10.0 Å². The quantitative estimate of drug-likeness (QED) is 0.746. The van der Waals surface area contributed by atoms with Gasteiger partial charge in [-0.25, -0.2) is 9.18 Å². The highest BCUT2D eigenvalue weighted by molar-refractivity contribution is 8.13. The first-order chi connectivity index (χ1) is 12.7. The van der Waals surface area contributed by atoms with Crippen LogP contribution in [0, 0.1) is 24.1 Å². The average Bonchev–Trinajstić information content (AvgIpc) is 2.60. The number of carbonyl (C=O) groups is 2. The van der Waals surface area contributed by atoms with Gasteiger partial charge in [0.1, 0.15) is 11.9 Å². The number of rotatable bonds is 5. The van der Waals surface area contributed by atoms with Crippen molar-refractivity contribution in [2.75, 3.05) is 31.9 Å². The number of alkyl halides is 1. The summed E-state index contributed by atoms with van der Waals surface area (Å²) in [7, 11) is 0. The van der Waals surface area contributed by atoms with Crippen LogP contribution in [0.2, 0.25) is 0 Å². The number of benzene rings is 1. The summed E-state index contributed by atoms with van der Waals surface area (Å²) in [5.41, 5.74) is 1.17. The highest BCUT2D eigenvalue weighted by Crippen LogP contribution is 2.29. The van der Waals surface area contributed by atoms with Crippen molar-refractivity contribution in [3.05, 3.63) is 34.6 Å². The predicted molar refractivity (Wildman–Crippen MR) is 103 cm³/mol. The Labute approximate surface area is 166 Å². The van der Waals surface area contributed by atoms with Crippen molar-refractivity contribution in [1.29, 1.82) is 5.26 Å². The van der Waals surface area contributed by atoms with Gasteiger partial charge in [-0.1, -0.05) is 17.8 Å². The molecule has 0 bridgehead atoms. The Morgan fingerprint density at radius 1 is 1.48 bits per heavy atom. The van der Waals surface area contributed by atoms with E-state index in [0.29, 0.717) is 43.1 Å². The van der Waals surface area contributed by atoms with Gasteiger partial charge in [-0.3, -0.25) is 9.69 Å². The predicted octanol–water partition coefficient (Wildman–Crippen LogP) is 3.23. The zero-order valence-corrected chi connectivity index (χ0v) is 16.7. The number of nitriles is 1. The van der Waals surface area contributed by atoms with E-state index in [1.54, 1.807) is 13.0 Å². The van der Waals surface area contributed by atoms with Gasteiger partial charge in [-0.2, -0.15) is 5.26 Å². The maximum Gasteiger partial charge on any atom is 0.407 e. The summed E-state index contributed by atoms with van der Waals surface area (Å²) in [6.07, 6.45) is -0.983. The fraction of sp³-hybridized carbons (Fsp3) is 0.500. The Kier molecular flexibility index (Phi) is 7.48. The van der Waals surface area contributed by atoms with Crippen molar-refractivity contribution in [2.24, 2.45) is 0 Å². The molecule has 1 N–H and O–H groups in total. The molecule has 0 aromatic heterocycles. The summed E-state index contributed by atoms with van der Waals surface area (Å²) < 4.78 is 13.7. The first kappa shape index (κ1) is 21.5. The number of piperazine rings is 1.